The van der Waals surface area contributed by atoms with Crippen LogP contribution in [0.5, 0.6) is 0 Å². The Morgan fingerprint density at radius 2 is 2.22 bits per heavy atom. The minimum atomic E-state index is -3.72. The van der Waals surface area contributed by atoms with E-state index >= 15 is 0 Å². The van der Waals surface area contributed by atoms with Gasteiger partial charge in [0.1, 0.15) is 10.3 Å². The number of thiazole rings is 1. The summed E-state index contributed by atoms with van der Waals surface area (Å²) in [4.78, 5) is 16.5. The third-order valence-electron chi connectivity index (χ3n) is 3.53. The number of hydrogen-bond acceptors (Lipinski definition) is 6. The van der Waals surface area contributed by atoms with Gasteiger partial charge in [0.05, 0.1) is 4.34 Å². The number of thiophene rings is 1. The Morgan fingerprint density at radius 1 is 1.39 bits per heavy atom. The third kappa shape index (κ3) is 3.58. The lowest BCUT2D eigenvalue weighted by Crippen LogP contribution is -2.49. The molecule has 0 aromatic carbocycles. The molecule has 1 fully saturated rings. The van der Waals surface area contributed by atoms with Crippen LogP contribution in [0.2, 0.25) is 4.34 Å². The van der Waals surface area contributed by atoms with Crippen LogP contribution < -0.4 is 5.32 Å². The van der Waals surface area contributed by atoms with E-state index in [2.05, 4.69) is 10.3 Å². The molecule has 1 atom stereocenters. The molecule has 0 bridgehead atoms. The SMILES string of the molecule is O=C(Nc1nccs1)[C@H]1CCCCN1S(=O)(=O)c1ccc(Cl)s1. The fourth-order valence-electron chi connectivity index (χ4n) is 2.48. The first-order valence-corrected chi connectivity index (χ1v) is 10.5. The van der Waals surface area contributed by atoms with Gasteiger partial charge in [-0.1, -0.05) is 18.0 Å². The van der Waals surface area contributed by atoms with E-state index < -0.39 is 16.1 Å². The molecule has 1 saturated heterocycles. The van der Waals surface area contributed by atoms with E-state index in [0.29, 0.717) is 22.4 Å². The van der Waals surface area contributed by atoms with Crippen molar-refractivity contribution in [1.82, 2.24) is 9.29 Å². The van der Waals surface area contributed by atoms with E-state index in [9.17, 15) is 13.2 Å². The molecule has 2 aromatic heterocycles. The van der Waals surface area contributed by atoms with Gasteiger partial charge in [0.25, 0.3) is 10.0 Å². The molecule has 23 heavy (non-hydrogen) atoms. The number of nitrogens with one attached hydrogen (secondary N) is 1. The number of amides is 1. The largest absolute Gasteiger partial charge is 0.301 e. The molecule has 124 valence electrons. The summed E-state index contributed by atoms with van der Waals surface area (Å²) in [5.74, 6) is -0.342. The van der Waals surface area contributed by atoms with Crippen molar-refractivity contribution in [2.75, 3.05) is 11.9 Å². The van der Waals surface area contributed by atoms with Crippen molar-refractivity contribution in [2.45, 2.75) is 29.5 Å². The van der Waals surface area contributed by atoms with Gasteiger partial charge >= 0.3 is 0 Å². The predicted molar refractivity (Wildman–Crippen MR) is 91.6 cm³/mol. The molecule has 2 aromatic rings. The molecular formula is C13H14ClN3O3S3. The second-order valence-electron chi connectivity index (χ2n) is 5.01. The van der Waals surface area contributed by atoms with Crippen molar-refractivity contribution in [2.24, 2.45) is 0 Å². The van der Waals surface area contributed by atoms with Crippen LogP contribution in [0.1, 0.15) is 19.3 Å². The van der Waals surface area contributed by atoms with Gasteiger partial charge in [0.15, 0.2) is 5.13 Å². The average Bonchev–Trinajstić information content (AvgIpc) is 3.19. The highest BCUT2D eigenvalue weighted by molar-refractivity contribution is 7.91. The van der Waals surface area contributed by atoms with Gasteiger partial charge in [-0.25, -0.2) is 13.4 Å². The van der Waals surface area contributed by atoms with Gasteiger partial charge in [-0.2, -0.15) is 4.31 Å². The molecule has 0 radical (unpaired) electrons. The topological polar surface area (TPSA) is 79.4 Å². The number of hydrogen-bond donors (Lipinski definition) is 1. The van der Waals surface area contributed by atoms with Crippen LogP contribution in [0.3, 0.4) is 0 Å². The van der Waals surface area contributed by atoms with E-state index in [1.54, 1.807) is 17.6 Å². The molecule has 0 aliphatic carbocycles. The molecule has 0 saturated carbocycles. The van der Waals surface area contributed by atoms with Crippen molar-refractivity contribution in [3.05, 3.63) is 28.0 Å². The molecule has 1 N–H and O–H groups in total. The van der Waals surface area contributed by atoms with E-state index in [4.69, 9.17) is 11.6 Å². The highest BCUT2D eigenvalue weighted by atomic mass is 35.5. The van der Waals surface area contributed by atoms with Crippen LogP contribution in [0, 0.1) is 0 Å². The number of halogens is 1. The van der Waals surface area contributed by atoms with Gasteiger partial charge in [0, 0.05) is 18.1 Å². The summed E-state index contributed by atoms with van der Waals surface area (Å²) < 4.78 is 27.5. The molecule has 1 aliphatic rings. The first kappa shape index (κ1) is 16.8. The average molecular weight is 392 g/mol. The predicted octanol–water partition coefficient (Wildman–Crippen LogP) is 3.04. The second kappa shape index (κ2) is 6.86. The first-order chi connectivity index (χ1) is 11.0. The van der Waals surface area contributed by atoms with Crippen LogP contribution in [0.15, 0.2) is 27.9 Å². The maximum Gasteiger partial charge on any atom is 0.253 e. The summed E-state index contributed by atoms with van der Waals surface area (Å²) in [6.45, 7) is 0.327. The van der Waals surface area contributed by atoms with Crippen LogP contribution in [-0.2, 0) is 14.8 Å². The zero-order valence-electron chi connectivity index (χ0n) is 11.9. The summed E-state index contributed by atoms with van der Waals surface area (Å²) in [7, 11) is -3.72. The lowest BCUT2D eigenvalue weighted by Gasteiger charge is -2.32. The normalized spacial score (nSPS) is 19.6. The van der Waals surface area contributed by atoms with Gasteiger partial charge in [0.2, 0.25) is 5.91 Å². The number of aromatic nitrogens is 1. The molecule has 0 unspecified atom stereocenters. The minimum Gasteiger partial charge on any atom is -0.301 e. The maximum atomic E-state index is 12.8. The number of piperidine rings is 1. The lowest BCUT2D eigenvalue weighted by molar-refractivity contribution is -0.120. The van der Waals surface area contributed by atoms with Gasteiger partial charge < -0.3 is 5.32 Å². The quantitative estimate of drug-likeness (QED) is 0.868. The van der Waals surface area contributed by atoms with Gasteiger partial charge in [-0.15, -0.1) is 22.7 Å². The third-order valence-corrected chi connectivity index (χ3v) is 7.83. The van der Waals surface area contributed by atoms with Crippen molar-refractivity contribution in [3.8, 4) is 0 Å². The zero-order valence-corrected chi connectivity index (χ0v) is 15.1. The molecular weight excluding hydrogens is 378 g/mol. The number of rotatable bonds is 4. The Labute approximate surface area is 147 Å². The molecule has 1 amide bonds. The maximum absolute atomic E-state index is 12.8. The standard InChI is InChI=1S/C13H14ClN3O3S3/c14-10-4-5-11(22-10)23(19,20)17-7-2-1-3-9(17)12(18)16-13-15-6-8-21-13/h4-6,8-9H,1-3,7H2,(H,15,16,18)/t9-/m1/s1. The minimum absolute atomic E-state index is 0.163. The number of carbonyl (C=O) groups is 1. The highest BCUT2D eigenvalue weighted by Crippen LogP contribution is 2.32. The molecule has 3 heterocycles. The Balaban J connectivity index is 1.85. The Hall–Kier alpha value is -1.000. The molecule has 10 heteroatoms. The lowest BCUT2D eigenvalue weighted by atomic mass is 10.0. The highest BCUT2D eigenvalue weighted by Gasteiger charge is 2.38. The van der Waals surface area contributed by atoms with Crippen molar-refractivity contribution < 1.29 is 13.2 Å². The monoisotopic (exact) mass is 391 g/mol. The first-order valence-electron chi connectivity index (χ1n) is 6.96. The molecule has 1 aliphatic heterocycles. The van der Waals surface area contributed by atoms with Crippen LogP contribution >= 0.6 is 34.3 Å². The molecule has 6 nitrogen and oxygen atoms in total. The van der Waals surface area contributed by atoms with Crippen molar-refractivity contribution in [1.29, 1.82) is 0 Å². The fraction of sp³-hybridized carbons (Fsp3) is 0.385. The summed E-state index contributed by atoms with van der Waals surface area (Å²) in [5, 5.41) is 4.91. The number of carbonyl (C=O) groups excluding carboxylic acids is 1. The van der Waals surface area contributed by atoms with E-state index in [1.165, 1.54) is 21.7 Å². The fourth-order valence-corrected chi connectivity index (χ4v) is 6.28. The summed E-state index contributed by atoms with van der Waals surface area (Å²) in [6.07, 6.45) is 3.63. The molecule has 0 spiro atoms. The second-order valence-corrected chi connectivity index (χ2v) is 9.74. The summed E-state index contributed by atoms with van der Waals surface area (Å²) in [5.41, 5.74) is 0. The molecule has 3 rings (SSSR count). The number of nitrogens with zero attached hydrogens (tertiary/aromatic N) is 2. The zero-order chi connectivity index (χ0) is 16.4. The van der Waals surface area contributed by atoms with Gasteiger partial charge in [-0.05, 0) is 25.0 Å². The van der Waals surface area contributed by atoms with Crippen molar-refractivity contribution >= 4 is 55.3 Å². The smallest absolute Gasteiger partial charge is 0.253 e. The van der Waals surface area contributed by atoms with Gasteiger partial charge in [-0.3, -0.25) is 4.79 Å². The van der Waals surface area contributed by atoms with E-state index in [0.717, 1.165) is 24.2 Å². The Bertz CT molecular complexity index is 789. The van der Waals surface area contributed by atoms with Crippen LogP contribution in [0.4, 0.5) is 5.13 Å². The van der Waals surface area contributed by atoms with E-state index in [1.807, 2.05) is 0 Å². The van der Waals surface area contributed by atoms with Crippen LogP contribution in [0.25, 0.3) is 0 Å². The Kier molecular flexibility index (Phi) is 5.02. The number of anilines is 1. The van der Waals surface area contributed by atoms with Crippen LogP contribution in [-0.4, -0.2) is 36.2 Å². The van der Waals surface area contributed by atoms with Crippen molar-refractivity contribution in [3.63, 3.8) is 0 Å². The number of sulfonamides is 1. The summed E-state index contributed by atoms with van der Waals surface area (Å²) in [6, 6.07) is 2.30. The Morgan fingerprint density at radius 3 is 2.87 bits per heavy atom. The van der Waals surface area contributed by atoms with E-state index in [-0.39, 0.29) is 10.1 Å². The summed E-state index contributed by atoms with van der Waals surface area (Å²) >= 11 is 8.15.